The van der Waals surface area contributed by atoms with E-state index in [1.165, 1.54) is 0 Å². The van der Waals surface area contributed by atoms with Crippen molar-refractivity contribution < 1.29 is 23.9 Å². The van der Waals surface area contributed by atoms with E-state index in [-0.39, 0.29) is 27.6 Å². The molecule has 0 unspecified atom stereocenters. The summed E-state index contributed by atoms with van der Waals surface area (Å²) in [5, 5.41) is 12.1. The molecule has 0 radical (unpaired) electrons. The molecule has 0 bridgehead atoms. The minimum absolute atomic E-state index is 0.168. The highest BCUT2D eigenvalue weighted by Gasteiger charge is 2.22. The Morgan fingerprint density at radius 2 is 1.82 bits per heavy atom. The molecular weight excluding hydrogens is 444 g/mol. The predicted molar refractivity (Wildman–Crippen MR) is 122 cm³/mol. The Morgan fingerprint density at radius 1 is 1.12 bits per heavy atom. The number of anilines is 1. The summed E-state index contributed by atoms with van der Waals surface area (Å²) in [6.45, 7) is 6.75. The average Bonchev–Trinajstić information content (AvgIpc) is 3.30. The number of carbonyl (C=O) groups excluding carboxylic acids is 3. The van der Waals surface area contributed by atoms with E-state index in [1.807, 2.05) is 19.9 Å². The van der Waals surface area contributed by atoms with Gasteiger partial charge in [0.2, 0.25) is 0 Å². The molecule has 0 saturated heterocycles. The van der Waals surface area contributed by atoms with Crippen LogP contribution in [0.4, 0.5) is 5.00 Å². The summed E-state index contributed by atoms with van der Waals surface area (Å²) in [6.07, 6.45) is 0. The number of ether oxygens (including phenoxy) is 2. The van der Waals surface area contributed by atoms with Crippen LogP contribution < -0.4 is 5.32 Å². The van der Waals surface area contributed by atoms with E-state index in [1.54, 1.807) is 38.1 Å². The van der Waals surface area contributed by atoms with Gasteiger partial charge in [-0.1, -0.05) is 12.1 Å². The highest BCUT2D eigenvalue weighted by atomic mass is 32.1. The van der Waals surface area contributed by atoms with Gasteiger partial charge in [-0.2, -0.15) is 5.26 Å². The third kappa shape index (κ3) is 5.27. The van der Waals surface area contributed by atoms with Crippen LogP contribution in [0.25, 0.3) is 11.4 Å². The predicted octanol–water partition coefficient (Wildman–Crippen LogP) is 3.91. The van der Waals surface area contributed by atoms with Crippen molar-refractivity contribution in [1.82, 2.24) is 9.97 Å². The van der Waals surface area contributed by atoms with Crippen LogP contribution in [0, 0.1) is 32.1 Å². The maximum atomic E-state index is 12.3. The van der Waals surface area contributed by atoms with Gasteiger partial charge in [-0.3, -0.25) is 4.79 Å². The molecule has 3 rings (SSSR count). The third-order valence-corrected chi connectivity index (χ3v) is 6.02. The summed E-state index contributed by atoms with van der Waals surface area (Å²) >= 11 is 0.942. The number of benzene rings is 1. The number of aryl methyl sites for hydroxylation is 2. The van der Waals surface area contributed by atoms with E-state index in [0.29, 0.717) is 11.4 Å². The first kappa shape index (κ1) is 23.7. The number of aromatic nitrogens is 2. The van der Waals surface area contributed by atoms with E-state index < -0.39 is 24.5 Å². The van der Waals surface area contributed by atoms with E-state index in [9.17, 15) is 19.6 Å². The van der Waals surface area contributed by atoms with Gasteiger partial charge in [0, 0.05) is 11.3 Å². The van der Waals surface area contributed by atoms with Crippen molar-refractivity contribution in [3.63, 3.8) is 0 Å². The molecule has 3 aromatic rings. The number of H-pyrrole nitrogens is 1. The van der Waals surface area contributed by atoms with Crippen LogP contribution in [0.1, 0.15) is 49.5 Å². The van der Waals surface area contributed by atoms with Crippen molar-refractivity contribution in [3.8, 4) is 17.5 Å². The lowest BCUT2D eigenvalue weighted by molar-refractivity contribution is -0.119. The Balaban J connectivity index is 1.62. The van der Waals surface area contributed by atoms with E-state index in [0.717, 1.165) is 28.3 Å². The number of esters is 2. The molecular formula is C23H22N4O5S. The van der Waals surface area contributed by atoms with Crippen LogP contribution in [0.2, 0.25) is 0 Å². The normalized spacial score (nSPS) is 10.4. The van der Waals surface area contributed by atoms with Gasteiger partial charge < -0.3 is 19.8 Å². The van der Waals surface area contributed by atoms with Crippen LogP contribution in [0.3, 0.4) is 0 Å². The number of aromatic amines is 1. The Labute approximate surface area is 194 Å². The van der Waals surface area contributed by atoms with Gasteiger partial charge >= 0.3 is 11.9 Å². The van der Waals surface area contributed by atoms with E-state index in [4.69, 9.17) is 9.47 Å². The molecule has 0 fully saturated rings. The minimum Gasteiger partial charge on any atom is -0.462 e. The van der Waals surface area contributed by atoms with Crippen LogP contribution >= 0.6 is 11.3 Å². The Bertz CT molecular complexity index is 1230. The highest BCUT2D eigenvalue weighted by Crippen LogP contribution is 2.33. The average molecular weight is 467 g/mol. The summed E-state index contributed by atoms with van der Waals surface area (Å²) < 4.78 is 10.1. The first-order chi connectivity index (χ1) is 15.7. The standard InChI is InChI=1S/C23H22N4O5S/c1-5-31-23(30)19-12(2)17(10-24)21(33-19)27-18(28)11-32-22(29)16-8-6-15(7-9-16)20-25-13(3)14(4)26-20/h6-9H,5,11H2,1-4H3,(H,25,26)(H,27,28). The highest BCUT2D eigenvalue weighted by molar-refractivity contribution is 7.18. The zero-order valence-electron chi connectivity index (χ0n) is 18.6. The van der Waals surface area contributed by atoms with Crippen molar-refractivity contribution in [1.29, 1.82) is 5.26 Å². The van der Waals surface area contributed by atoms with Gasteiger partial charge in [0.25, 0.3) is 5.91 Å². The quantitative estimate of drug-likeness (QED) is 0.504. The van der Waals surface area contributed by atoms with Gasteiger partial charge in [-0.15, -0.1) is 11.3 Å². The number of carbonyl (C=O) groups is 3. The summed E-state index contributed by atoms with van der Waals surface area (Å²) in [5.74, 6) is -1.16. The number of hydrogen-bond acceptors (Lipinski definition) is 8. The first-order valence-corrected chi connectivity index (χ1v) is 10.9. The summed E-state index contributed by atoms with van der Waals surface area (Å²) in [4.78, 5) is 44.5. The van der Waals surface area contributed by atoms with Crippen molar-refractivity contribution in [3.05, 3.63) is 57.2 Å². The largest absolute Gasteiger partial charge is 0.462 e. The first-order valence-electron chi connectivity index (χ1n) is 10.1. The lowest BCUT2D eigenvalue weighted by Crippen LogP contribution is -2.20. The topological polar surface area (TPSA) is 134 Å². The summed E-state index contributed by atoms with van der Waals surface area (Å²) in [6, 6.07) is 8.62. The van der Waals surface area contributed by atoms with Crippen molar-refractivity contribution in [2.75, 3.05) is 18.5 Å². The number of nitrogens with one attached hydrogen (secondary N) is 2. The maximum absolute atomic E-state index is 12.3. The second kappa shape index (κ2) is 10.1. The molecule has 0 aliphatic rings. The fourth-order valence-electron chi connectivity index (χ4n) is 2.95. The van der Waals surface area contributed by atoms with Gasteiger partial charge in [0.05, 0.1) is 23.4 Å². The lowest BCUT2D eigenvalue weighted by Gasteiger charge is -2.06. The number of amides is 1. The molecule has 0 spiro atoms. The molecule has 0 aliphatic carbocycles. The Hall–Kier alpha value is -3.97. The number of imidazole rings is 1. The van der Waals surface area contributed by atoms with Gasteiger partial charge in [-0.05, 0) is 45.4 Å². The number of thiophene rings is 1. The summed E-state index contributed by atoms with van der Waals surface area (Å²) in [7, 11) is 0. The lowest BCUT2D eigenvalue weighted by atomic mass is 10.1. The molecule has 1 aromatic carbocycles. The third-order valence-electron chi connectivity index (χ3n) is 4.83. The second-order valence-electron chi connectivity index (χ2n) is 7.09. The fourth-order valence-corrected chi connectivity index (χ4v) is 4.02. The van der Waals surface area contributed by atoms with Gasteiger partial charge in [0.15, 0.2) is 6.61 Å². The number of nitrogens with zero attached hydrogens (tertiary/aromatic N) is 2. The van der Waals surface area contributed by atoms with E-state index >= 15 is 0 Å². The Kier molecular flexibility index (Phi) is 7.25. The molecule has 9 nitrogen and oxygen atoms in total. The molecule has 33 heavy (non-hydrogen) atoms. The zero-order valence-corrected chi connectivity index (χ0v) is 19.4. The SMILES string of the molecule is CCOC(=O)c1sc(NC(=O)COC(=O)c2ccc(-c3nc(C)c(C)[nH]3)cc2)c(C#N)c1C. The molecule has 0 saturated carbocycles. The molecule has 2 aromatic heterocycles. The monoisotopic (exact) mass is 466 g/mol. The molecule has 170 valence electrons. The molecule has 0 aliphatic heterocycles. The van der Waals surface area contributed by atoms with Crippen LogP contribution in [0.15, 0.2) is 24.3 Å². The van der Waals surface area contributed by atoms with Crippen LogP contribution in [0.5, 0.6) is 0 Å². The van der Waals surface area contributed by atoms with Crippen molar-refractivity contribution >= 4 is 34.2 Å². The minimum atomic E-state index is -0.668. The number of hydrogen-bond donors (Lipinski definition) is 2. The fraction of sp³-hybridized carbons (Fsp3) is 0.261. The second-order valence-corrected chi connectivity index (χ2v) is 8.11. The molecule has 10 heteroatoms. The van der Waals surface area contributed by atoms with Crippen molar-refractivity contribution in [2.45, 2.75) is 27.7 Å². The van der Waals surface area contributed by atoms with Gasteiger partial charge in [0.1, 0.15) is 21.8 Å². The number of rotatable bonds is 7. The Morgan fingerprint density at radius 3 is 2.39 bits per heavy atom. The van der Waals surface area contributed by atoms with Crippen LogP contribution in [-0.2, 0) is 14.3 Å². The molecule has 2 N–H and O–H groups in total. The summed E-state index contributed by atoms with van der Waals surface area (Å²) in [5.41, 5.74) is 3.55. The molecule has 0 atom stereocenters. The van der Waals surface area contributed by atoms with Crippen molar-refractivity contribution in [2.24, 2.45) is 0 Å². The van der Waals surface area contributed by atoms with Gasteiger partial charge in [-0.25, -0.2) is 14.6 Å². The zero-order chi connectivity index (χ0) is 24.1. The van der Waals surface area contributed by atoms with E-state index in [2.05, 4.69) is 15.3 Å². The molecule has 2 heterocycles. The van der Waals surface area contributed by atoms with Crippen LogP contribution in [-0.4, -0.2) is 41.0 Å². The smallest absolute Gasteiger partial charge is 0.348 e. The maximum Gasteiger partial charge on any atom is 0.348 e. The molecule has 1 amide bonds. The number of nitriles is 1.